The molecule has 0 radical (unpaired) electrons. The number of rotatable bonds is 7. The van der Waals surface area contributed by atoms with E-state index >= 15 is 0 Å². The SMILES string of the molecule is Cc1ccc(C)c(SCC(=O)OCC(=O)NCCC#N)c1. The van der Waals surface area contributed by atoms with Gasteiger partial charge in [0.2, 0.25) is 0 Å². The Labute approximate surface area is 128 Å². The van der Waals surface area contributed by atoms with E-state index in [2.05, 4.69) is 5.32 Å². The third kappa shape index (κ3) is 6.82. The third-order valence-electron chi connectivity index (χ3n) is 2.61. The topological polar surface area (TPSA) is 79.2 Å². The number of carbonyl (C=O) groups excluding carboxylic acids is 2. The van der Waals surface area contributed by atoms with Crippen LogP contribution in [0.2, 0.25) is 0 Å². The van der Waals surface area contributed by atoms with E-state index in [9.17, 15) is 9.59 Å². The lowest BCUT2D eigenvalue weighted by Crippen LogP contribution is -2.29. The van der Waals surface area contributed by atoms with Crippen molar-refractivity contribution in [3.05, 3.63) is 29.3 Å². The Hall–Kier alpha value is -2.00. The number of carbonyl (C=O) groups is 2. The summed E-state index contributed by atoms with van der Waals surface area (Å²) >= 11 is 1.39. The van der Waals surface area contributed by atoms with Crippen LogP contribution in [0.3, 0.4) is 0 Å². The first-order valence-corrected chi connectivity index (χ1v) is 7.51. The Morgan fingerprint density at radius 1 is 1.38 bits per heavy atom. The summed E-state index contributed by atoms with van der Waals surface area (Å²) in [6.45, 7) is 3.94. The van der Waals surface area contributed by atoms with Gasteiger partial charge in [-0.25, -0.2) is 0 Å². The zero-order chi connectivity index (χ0) is 15.7. The highest BCUT2D eigenvalue weighted by molar-refractivity contribution is 8.00. The minimum Gasteiger partial charge on any atom is -0.455 e. The molecule has 1 amide bonds. The molecule has 21 heavy (non-hydrogen) atoms. The van der Waals surface area contributed by atoms with Crippen molar-refractivity contribution in [1.82, 2.24) is 5.32 Å². The predicted octanol–water partition coefficient (Wildman–Crippen LogP) is 1.97. The monoisotopic (exact) mass is 306 g/mol. The minimum atomic E-state index is -0.434. The lowest BCUT2D eigenvalue weighted by Gasteiger charge is -2.07. The summed E-state index contributed by atoms with van der Waals surface area (Å²) in [5, 5.41) is 10.8. The molecule has 0 aromatic heterocycles. The normalized spacial score (nSPS) is 9.76. The number of amides is 1. The summed E-state index contributed by atoms with van der Waals surface area (Å²) in [6, 6.07) is 7.95. The second-order valence-electron chi connectivity index (χ2n) is 4.48. The maximum absolute atomic E-state index is 11.6. The van der Waals surface area contributed by atoms with E-state index in [0.717, 1.165) is 16.0 Å². The van der Waals surface area contributed by atoms with Crippen molar-refractivity contribution in [2.24, 2.45) is 0 Å². The number of esters is 1. The van der Waals surface area contributed by atoms with Gasteiger partial charge in [-0.15, -0.1) is 11.8 Å². The van der Waals surface area contributed by atoms with Crippen LogP contribution < -0.4 is 5.32 Å². The molecule has 1 rings (SSSR count). The first-order chi connectivity index (χ1) is 10.0. The van der Waals surface area contributed by atoms with Crippen LogP contribution in [0.15, 0.2) is 23.1 Å². The van der Waals surface area contributed by atoms with Crippen LogP contribution >= 0.6 is 11.8 Å². The largest absolute Gasteiger partial charge is 0.455 e. The summed E-state index contributed by atoms with van der Waals surface area (Å²) in [6.07, 6.45) is 0.238. The van der Waals surface area contributed by atoms with E-state index in [1.165, 1.54) is 11.8 Å². The second kappa shape index (κ2) is 9.03. The molecule has 0 aliphatic rings. The van der Waals surface area contributed by atoms with E-state index in [1.807, 2.05) is 38.1 Å². The van der Waals surface area contributed by atoms with Crippen molar-refractivity contribution in [3.63, 3.8) is 0 Å². The number of hydrogen-bond donors (Lipinski definition) is 1. The van der Waals surface area contributed by atoms with Crippen LogP contribution in [0, 0.1) is 25.2 Å². The Bertz CT molecular complexity index is 552. The molecule has 0 fully saturated rings. The van der Waals surface area contributed by atoms with Gasteiger partial charge in [0.05, 0.1) is 18.2 Å². The van der Waals surface area contributed by atoms with Gasteiger partial charge in [-0.2, -0.15) is 5.26 Å². The van der Waals surface area contributed by atoms with Crippen molar-refractivity contribution in [2.45, 2.75) is 25.2 Å². The molecular formula is C15H18N2O3S. The van der Waals surface area contributed by atoms with E-state index in [1.54, 1.807) is 0 Å². The molecular weight excluding hydrogens is 288 g/mol. The van der Waals surface area contributed by atoms with Gasteiger partial charge in [0.15, 0.2) is 6.61 Å². The molecule has 0 spiro atoms. The number of nitrogens with zero attached hydrogens (tertiary/aromatic N) is 1. The van der Waals surface area contributed by atoms with Gasteiger partial charge < -0.3 is 10.1 Å². The molecule has 0 unspecified atom stereocenters. The van der Waals surface area contributed by atoms with Gasteiger partial charge in [0.1, 0.15) is 0 Å². The van der Waals surface area contributed by atoms with Crippen LogP contribution in [0.25, 0.3) is 0 Å². The molecule has 0 bridgehead atoms. The number of nitrogens with one attached hydrogen (secondary N) is 1. The van der Waals surface area contributed by atoms with Crippen molar-refractivity contribution in [2.75, 3.05) is 18.9 Å². The Morgan fingerprint density at radius 2 is 2.14 bits per heavy atom. The number of ether oxygens (including phenoxy) is 1. The summed E-state index contributed by atoms with van der Waals surface area (Å²) in [5.74, 6) is -0.665. The predicted molar refractivity (Wildman–Crippen MR) is 80.8 cm³/mol. The molecule has 6 heteroatoms. The maximum Gasteiger partial charge on any atom is 0.316 e. The van der Waals surface area contributed by atoms with Crippen LogP contribution in [-0.4, -0.2) is 30.8 Å². The van der Waals surface area contributed by atoms with Gasteiger partial charge in [0, 0.05) is 11.4 Å². The summed E-state index contributed by atoms with van der Waals surface area (Å²) in [5.41, 5.74) is 2.24. The van der Waals surface area contributed by atoms with E-state index in [-0.39, 0.29) is 25.3 Å². The molecule has 0 saturated heterocycles. The van der Waals surface area contributed by atoms with Crippen molar-refractivity contribution < 1.29 is 14.3 Å². The lowest BCUT2D eigenvalue weighted by molar-refractivity contribution is -0.145. The molecule has 1 N–H and O–H groups in total. The molecule has 0 atom stereocenters. The smallest absolute Gasteiger partial charge is 0.316 e. The molecule has 1 aromatic carbocycles. The second-order valence-corrected chi connectivity index (χ2v) is 5.49. The van der Waals surface area contributed by atoms with Gasteiger partial charge >= 0.3 is 5.97 Å². The van der Waals surface area contributed by atoms with Crippen LogP contribution in [0.5, 0.6) is 0 Å². The lowest BCUT2D eigenvalue weighted by atomic mass is 10.2. The van der Waals surface area contributed by atoms with Gasteiger partial charge in [-0.3, -0.25) is 9.59 Å². The van der Waals surface area contributed by atoms with Crippen molar-refractivity contribution in [3.8, 4) is 6.07 Å². The zero-order valence-corrected chi connectivity index (χ0v) is 13.0. The molecule has 5 nitrogen and oxygen atoms in total. The number of hydrogen-bond acceptors (Lipinski definition) is 5. The minimum absolute atomic E-state index is 0.162. The van der Waals surface area contributed by atoms with Crippen LogP contribution in [0.4, 0.5) is 0 Å². The van der Waals surface area contributed by atoms with E-state index in [0.29, 0.717) is 0 Å². The average Bonchev–Trinajstić information content (AvgIpc) is 2.46. The Kier molecular flexibility index (Phi) is 7.33. The molecule has 1 aromatic rings. The maximum atomic E-state index is 11.6. The highest BCUT2D eigenvalue weighted by Crippen LogP contribution is 2.23. The standard InChI is InChI=1S/C15H18N2O3S/c1-11-4-5-12(2)13(8-11)21-10-15(19)20-9-14(18)17-7-3-6-16/h4-5,8H,3,7,9-10H2,1-2H3,(H,17,18). The number of aryl methyl sites for hydroxylation is 2. The quantitative estimate of drug-likeness (QED) is 0.473. The number of nitriles is 1. The number of benzene rings is 1. The molecule has 112 valence electrons. The molecule has 0 aliphatic heterocycles. The summed E-state index contributed by atoms with van der Waals surface area (Å²) < 4.78 is 4.87. The fourth-order valence-electron chi connectivity index (χ4n) is 1.50. The van der Waals surface area contributed by atoms with E-state index < -0.39 is 11.9 Å². The Balaban J connectivity index is 2.30. The number of thioether (sulfide) groups is 1. The highest BCUT2D eigenvalue weighted by Gasteiger charge is 2.09. The van der Waals surface area contributed by atoms with Crippen molar-refractivity contribution in [1.29, 1.82) is 5.26 Å². The third-order valence-corrected chi connectivity index (χ3v) is 3.74. The molecule has 0 saturated carbocycles. The molecule has 0 aliphatic carbocycles. The van der Waals surface area contributed by atoms with Crippen LogP contribution in [-0.2, 0) is 14.3 Å². The summed E-state index contributed by atoms with van der Waals surface area (Å²) in [7, 11) is 0. The van der Waals surface area contributed by atoms with E-state index in [4.69, 9.17) is 10.00 Å². The van der Waals surface area contributed by atoms with Crippen LogP contribution in [0.1, 0.15) is 17.5 Å². The van der Waals surface area contributed by atoms with Gasteiger partial charge in [-0.1, -0.05) is 17.7 Å². The van der Waals surface area contributed by atoms with Gasteiger partial charge in [0.25, 0.3) is 5.91 Å². The zero-order valence-electron chi connectivity index (χ0n) is 12.1. The highest BCUT2D eigenvalue weighted by atomic mass is 32.2. The molecule has 0 heterocycles. The van der Waals surface area contributed by atoms with Crippen molar-refractivity contribution >= 4 is 23.6 Å². The fraction of sp³-hybridized carbons (Fsp3) is 0.400. The summed E-state index contributed by atoms with van der Waals surface area (Å²) in [4.78, 5) is 23.9. The fourth-order valence-corrected chi connectivity index (χ4v) is 2.42. The van der Waals surface area contributed by atoms with Gasteiger partial charge in [-0.05, 0) is 25.5 Å². The first kappa shape index (κ1) is 17.1. The Morgan fingerprint density at radius 3 is 2.86 bits per heavy atom. The average molecular weight is 306 g/mol. The first-order valence-electron chi connectivity index (χ1n) is 6.52.